The molecule has 0 aliphatic heterocycles. The number of ketones is 1. The van der Waals surface area contributed by atoms with Gasteiger partial charge < -0.3 is 20.4 Å². The molecule has 1 aromatic carbocycles. The van der Waals surface area contributed by atoms with Crippen molar-refractivity contribution in [2.24, 2.45) is 5.92 Å². The first-order valence-electron chi connectivity index (χ1n) is 6.26. The van der Waals surface area contributed by atoms with Gasteiger partial charge in [0.2, 0.25) is 0 Å². The number of aliphatic carboxylic acids is 1. The van der Waals surface area contributed by atoms with Gasteiger partial charge in [-0.05, 0) is 12.0 Å². The van der Waals surface area contributed by atoms with Crippen molar-refractivity contribution in [3.63, 3.8) is 0 Å². The summed E-state index contributed by atoms with van der Waals surface area (Å²) in [5.41, 5.74) is -1.69. The summed E-state index contributed by atoms with van der Waals surface area (Å²) in [6, 6.07) is 8.63. The normalized spacial score (nSPS) is 34.0. The minimum atomic E-state index is -2.37. The maximum Gasteiger partial charge on any atom is 0.336 e. The van der Waals surface area contributed by atoms with Crippen LogP contribution < -0.4 is 0 Å². The van der Waals surface area contributed by atoms with Gasteiger partial charge >= 0.3 is 5.97 Å². The van der Waals surface area contributed by atoms with E-state index in [0.717, 1.165) is 0 Å². The number of carbonyl (C=O) groups excluding carboxylic acids is 1. The molecule has 4 N–H and O–H groups in total. The van der Waals surface area contributed by atoms with Crippen LogP contribution in [0.5, 0.6) is 0 Å². The second-order valence-corrected chi connectivity index (χ2v) is 5.09. The molecule has 0 spiro atoms. The summed E-state index contributed by atoms with van der Waals surface area (Å²) in [6.07, 6.45) is -3.82. The average molecular weight is 280 g/mol. The fourth-order valence-corrected chi connectivity index (χ4v) is 2.56. The maximum atomic E-state index is 12.0. The Bertz CT molecular complexity index is 514. The zero-order valence-corrected chi connectivity index (χ0v) is 10.6. The van der Waals surface area contributed by atoms with Crippen molar-refractivity contribution in [1.29, 1.82) is 0 Å². The van der Waals surface area contributed by atoms with Crippen molar-refractivity contribution in [1.82, 2.24) is 0 Å². The van der Waals surface area contributed by atoms with Crippen LogP contribution in [0.2, 0.25) is 0 Å². The van der Waals surface area contributed by atoms with Crippen LogP contribution in [0.4, 0.5) is 0 Å². The number of hydrogen-bond acceptors (Lipinski definition) is 5. The lowest BCUT2D eigenvalue weighted by molar-refractivity contribution is -0.187. The topological polar surface area (TPSA) is 115 Å². The third-order valence-corrected chi connectivity index (χ3v) is 3.75. The summed E-state index contributed by atoms with van der Waals surface area (Å²) in [5, 5.41) is 38.5. The Morgan fingerprint density at radius 3 is 2.40 bits per heavy atom. The van der Waals surface area contributed by atoms with Gasteiger partial charge in [0, 0.05) is 6.42 Å². The van der Waals surface area contributed by atoms with E-state index in [0.29, 0.717) is 5.56 Å². The molecule has 4 atom stereocenters. The minimum Gasteiger partial charge on any atom is -0.479 e. The standard InChI is InChI=1S/C14H16O6/c15-10-7-14(20,13(18)19)9(11(16)12(10)17)6-8-4-2-1-3-5-8/h1-5,9-10,12,15,17,20H,6-7H2,(H,18,19)/t9-,10+,12-,14+/m0/s1. The molecular weight excluding hydrogens is 264 g/mol. The Morgan fingerprint density at radius 2 is 1.85 bits per heavy atom. The number of carbonyl (C=O) groups is 2. The Kier molecular flexibility index (Phi) is 3.89. The van der Waals surface area contributed by atoms with Crippen molar-refractivity contribution in [2.45, 2.75) is 30.7 Å². The van der Waals surface area contributed by atoms with E-state index in [1.165, 1.54) is 0 Å². The highest BCUT2D eigenvalue weighted by atomic mass is 16.4. The molecule has 0 unspecified atom stereocenters. The predicted molar refractivity (Wildman–Crippen MR) is 67.9 cm³/mol. The van der Waals surface area contributed by atoms with Crippen molar-refractivity contribution < 1.29 is 30.0 Å². The molecule has 2 rings (SSSR count). The van der Waals surface area contributed by atoms with Gasteiger partial charge in [0.05, 0.1) is 12.0 Å². The number of carboxylic acid groups (broad SMARTS) is 1. The highest BCUT2D eigenvalue weighted by molar-refractivity contribution is 5.94. The highest BCUT2D eigenvalue weighted by Crippen LogP contribution is 2.34. The lowest BCUT2D eigenvalue weighted by Gasteiger charge is -2.39. The Balaban J connectivity index is 2.34. The number of aliphatic hydroxyl groups excluding tert-OH is 2. The molecular formula is C14H16O6. The first-order valence-corrected chi connectivity index (χ1v) is 6.26. The molecule has 1 fully saturated rings. The van der Waals surface area contributed by atoms with Crippen molar-refractivity contribution in [3.8, 4) is 0 Å². The van der Waals surface area contributed by atoms with Crippen LogP contribution >= 0.6 is 0 Å². The number of aliphatic hydroxyl groups is 3. The molecule has 1 aromatic rings. The van der Waals surface area contributed by atoms with Gasteiger partial charge in [0.15, 0.2) is 11.4 Å². The number of Topliss-reactive ketones (excluding diaryl/α,β-unsaturated/α-hetero) is 1. The van der Waals surface area contributed by atoms with Crippen molar-refractivity contribution in [3.05, 3.63) is 35.9 Å². The largest absolute Gasteiger partial charge is 0.479 e. The van der Waals surface area contributed by atoms with E-state index in [1.807, 2.05) is 0 Å². The van der Waals surface area contributed by atoms with E-state index in [1.54, 1.807) is 30.3 Å². The van der Waals surface area contributed by atoms with Gasteiger partial charge in [-0.25, -0.2) is 4.79 Å². The molecule has 6 nitrogen and oxygen atoms in total. The summed E-state index contributed by atoms with van der Waals surface area (Å²) in [4.78, 5) is 23.3. The lowest BCUT2D eigenvalue weighted by atomic mass is 9.69. The lowest BCUT2D eigenvalue weighted by Crippen LogP contribution is -2.61. The smallest absolute Gasteiger partial charge is 0.336 e. The van der Waals surface area contributed by atoms with Crippen LogP contribution in [0.1, 0.15) is 12.0 Å². The van der Waals surface area contributed by atoms with Crippen LogP contribution in [0.25, 0.3) is 0 Å². The summed E-state index contributed by atoms with van der Waals surface area (Å²) < 4.78 is 0. The monoisotopic (exact) mass is 280 g/mol. The molecule has 1 aliphatic carbocycles. The zero-order valence-electron chi connectivity index (χ0n) is 10.6. The maximum absolute atomic E-state index is 12.0. The van der Waals surface area contributed by atoms with E-state index < -0.39 is 41.9 Å². The first kappa shape index (κ1) is 14.6. The van der Waals surface area contributed by atoms with Gasteiger partial charge in [0.1, 0.15) is 6.10 Å². The average Bonchev–Trinajstić information content (AvgIpc) is 2.42. The van der Waals surface area contributed by atoms with E-state index >= 15 is 0 Å². The third-order valence-electron chi connectivity index (χ3n) is 3.75. The van der Waals surface area contributed by atoms with Crippen LogP contribution in [-0.4, -0.2) is 50.0 Å². The van der Waals surface area contributed by atoms with Gasteiger partial charge in [-0.1, -0.05) is 30.3 Å². The van der Waals surface area contributed by atoms with Crippen LogP contribution in [0, 0.1) is 5.92 Å². The van der Waals surface area contributed by atoms with Crippen molar-refractivity contribution in [2.75, 3.05) is 0 Å². The van der Waals surface area contributed by atoms with E-state index in [2.05, 4.69) is 0 Å². The highest BCUT2D eigenvalue weighted by Gasteiger charge is 2.55. The third kappa shape index (κ3) is 2.45. The predicted octanol–water partition coefficient (Wildman–Crippen LogP) is -0.644. The molecule has 6 heteroatoms. The quantitative estimate of drug-likeness (QED) is 0.585. The molecule has 0 aromatic heterocycles. The second-order valence-electron chi connectivity index (χ2n) is 5.09. The van der Waals surface area contributed by atoms with E-state index in [9.17, 15) is 30.0 Å². The number of hydrogen-bond donors (Lipinski definition) is 4. The zero-order chi connectivity index (χ0) is 14.9. The Hall–Kier alpha value is -1.76. The summed E-state index contributed by atoms with van der Waals surface area (Å²) in [5.74, 6) is -3.71. The van der Waals surface area contributed by atoms with Gasteiger partial charge in [-0.3, -0.25) is 4.79 Å². The van der Waals surface area contributed by atoms with Crippen LogP contribution in [0.3, 0.4) is 0 Å². The van der Waals surface area contributed by atoms with E-state index in [-0.39, 0.29) is 6.42 Å². The number of benzene rings is 1. The molecule has 0 heterocycles. The fraction of sp³-hybridized carbons (Fsp3) is 0.429. The van der Waals surface area contributed by atoms with Gasteiger partial charge in [0.25, 0.3) is 0 Å². The fourth-order valence-electron chi connectivity index (χ4n) is 2.56. The molecule has 1 aliphatic rings. The SMILES string of the molecule is O=C1[C@@H](O)[C@H](O)C[C@](O)(C(=O)O)[C@H]1Cc1ccccc1. The number of carboxylic acids is 1. The minimum absolute atomic E-state index is 0.00769. The second kappa shape index (κ2) is 5.32. The van der Waals surface area contributed by atoms with Crippen molar-refractivity contribution >= 4 is 11.8 Å². The molecule has 0 amide bonds. The van der Waals surface area contributed by atoms with Gasteiger partial charge in [-0.2, -0.15) is 0 Å². The Morgan fingerprint density at radius 1 is 1.25 bits per heavy atom. The summed E-state index contributed by atoms with van der Waals surface area (Å²) in [7, 11) is 0. The molecule has 0 radical (unpaired) electrons. The van der Waals surface area contributed by atoms with E-state index in [4.69, 9.17) is 0 Å². The molecule has 0 saturated heterocycles. The number of rotatable bonds is 3. The molecule has 108 valence electrons. The van der Waals surface area contributed by atoms with Crippen LogP contribution in [-0.2, 0) is 16.0 Å². The molecule has 1 saturated carbocycles. The summed E-state index contributed by atoms with van der Waals surface area (Å²) >= 11 is 0. The van der Waals surface area contributed by atoms with Crippen LogP contribution in [0.15, 0.2) is 30.3 Å². The molecule has 20 heavy (non-hydrogen) atoms. The van der Waals surface area contributed by atoms with Gasteiger partial charge in [-0.15, -0.1) is 0 Å². The molecule has 0 bridgehead atoms. The first-order chi connectivity index (χ1) is 9.36. The Labute approximate surface area is 115 Å². The summed E-state index contributed by atoms with van der Waals surface area (Å²) in [6.45, 7) is 0.